The molecule has 134 valence electrons. The number of hydrogen-bond acceptors (Lipinski definition) is 3. The average Bonchev–Trinajstić information content (AvgIpc) is 2.87. The van der Waals surface area contributed by atoms with Gasteiger partial charge in [-0.05, 0) is 49.2 Å². The van der Waals surface area contributed by atoms with Gasteiger partial charge in [-0.1, -0.05) is 48.0 Å². The number of nitrogens with zero attached hydrogens (tertiary/aromatic N) is 1. The molecule has 0 spiro atoms. The molecule has 0 saturated heterocycles. The number of ketones is 1. The number of rotatable bonds is 3. The molecule has 0 unspecified atom stereocenters. The van der Waals surface area contributed by atoms with Crippen LogP contribution in [0.5, 0.6) is 0 Å². The summed E-state index contributed by atoms with van der Waals surface area (Å²) in [5.41, 5.74) is 2.17. The molecule has 1 saturated carbocycles. The quantitative estimate of drug-likeness (QED) is 0.520. The Balaban J connectivity index is 1.75. The van der Waals surface area contributed by atoms with E-state index < -0.39 is 5.41 Å². The van der Waals surface area contributed by atoms with Crippen molar-refractivity contribution in [2.24, 2.45) is 0 Å². The van der Waals surface area contributed by atoms with Crippen molar-refractivity contribution in [1.82, 2.24) is 4.98 Å². The second-order valence-corrected chi connectivity index (χ2v) is 9.47. The molecule has 2 heterocycles. The first kappa shape index (κ1) is 17.0. The third-order valence-electron chi connectivity index (χ3n) is 6.09. The van der Waals surface area contributed by atoms with Gasteiger partial charge in [-0.15, -0.1) is 11.8 Å². The number of benzene rings is 2. The van der Waals surface area contributed by atoms with Gasteiger partial charge in [0, 0.05) is 38.0 Å². The van der Waals surface area contributed by atoms with E-state index in [2.05, 4.69) is 24.0 Å². The highest BCUT2D eigenvalue weighted by molar-refractivity contribution is 8.01. The van der Waals surface area contributed by atoms with E-state index in [1.165, 1.54) is 4.90 Å². The predicted molar refractivity (Wildman–Crippen MR) is 110 cm³/mol. The molecule has 2 aromatic carbocycles. The maximum Gasteiger partial charge on any atom is 0.175 e. The number of aromatic nitrogens is 1. The fraction of sp³-hybridized carbons (Fsp3) is 0.217. The van der Waals surface area contributed by atoms with Crippen molar-refractivity contribution in [2.45, 2.75) is 34.3 Å². The van der Waals surface area contributed by atoms with Gasteiger partial charge in [-0.2, -0.15) is 0 Å². The van der Waals surface area contributed by atoms with Crippen molar-refractivity contribution in [3.8, 4) is 0 Å². The van der Waals surface area contributed by atoms with Crippen LogP contribution in [0.1, 0.15) is 40.9 Å². The molecule has 0 radical (unpaired) electrons. The van der Waals surface area contributed by atoms with E-state index in [0.717, 1.165) is 17.7 Å². The summed E-state index contributed by atoms with van der Waals surface area (Å²) in [6.07, 6.45) is 2.74. The first-order valence-electron chi connectivity index (χ1n) is 9.06. The Morgan fingerprint density at radius 1 is 1.11 bits per heavy atom. The third-order valence-corrected chi connectivity index (χ3v) is 7.84. The number of fused-ring (bicyclic) bond motifs is 3. The molecule has 27 heavy (non-hydrogen) atoms. The summed E-state index contributed by atoms with van der Waals surface area (Å²) in [5.74, 6) is 0.207. The molecule has 0 bridgehead atoms. The lowest BCUT2D eigenvalue weighted by Crippen LogP contribution is -2.64. The van der Waals surface area contributed by atoms with Crippen LogP contribution in [0, 0.1) is 0 Å². The minimum Gasteiger partial charge on any atom is -0.293 e. The van der Waals surface area contributed by atoms with Gasteiger partial charge < -0.3 is 0 Å². The van der Waals surface area contributed by atoms with E-state index in [1.807, 2.05) is 66.5 Å². The van der Waals surface area contributed by atoms with Gasteiger partial charge in [-0.3, -0.25) is 9.78 Å². The monoisotopic (exact) mass is 391 g/mol. The summed E-state index contributed by atoms with van der Waals surface area (Å²) in [6.45, 7) is 2.22. The Hall–Kier alpha value is -2.10. The first-order chi connectivity index (χ1) is 13.1. The fourth-order valence-electron chi connectivity index (χ4n) is 4.95. The number of halogens is 1. The topological polar surface area (TPSA) is 30.0 Å². The number of pyridine rings is 1. The number of thioether (sulfide) groups is 1. The molecule has 0 N–H and O–H groups in total. The van der Waals surface area contributed by atoms with Crippen molar-refractivity contribution in [3.05, 3.63) is 94.8 Å². The van der Waals surface area contributed by atoms with Crippen LogP contribution in [0.25, 0.3) is 0 Å². The molecular weight excluding hydrogens is 374 g/mol. The van der Waals surface area contributed by atoms with Gasteiger partial charge in [0.15, 0.2) is 5.78 Å². The lowest BCUT2D eigenvalue weighted by Gasteiger charge is -2.58. The molecule has 4 heteroatoms. The number of hydrogen-bond donors (Lipinski definition) is 0. The lowest BCUT2D eigenvalue weighted by atomic mass is 9.47. The molecule has 1 fully saturated rings. The van der Waals surface area contributed by atoms with Crippen molar-refractivity contribution in [2.75, 3.05) is 0 Å². The highest BCUT2D eigenvalue weighted by atomic mass is 35.5. The summed E-state index contributed by atoms with van der Waals surface area (Å²) < 4.78 is -0.182. The maximum absolute atomic E-state index is 14.0. The minimum atomic E-state index is -0.618. The van der Waals surface area contributed by atoms with Crippen LogP contribution >= 0.6 is 23.4 Å². The molecule has 3 aromatic rings. The van der Waals surface area contributed by atoms with Crippen LogP contribution in [0.3, 0.4) is 0 Å². The summed E-state index contributed by atoms with van der Waals surface area (Å²) in [4.78, 5) is 19.9. The average molecular weight is 392 g/mol. The Morgan fingerprint density at radius 3 is 2.70 bits per heavy atom. The maximum atomic E-state index is 14.0. The van der Waals surface area contributed by atoms with Crippen molar-refractivity contribution >= 4 is 29.1 Å². The normalized spacial score (nSPS) is 28.1. The zero-order chi connectivity index (χ0) is 18.6. The molecule has 2 nitrogen and oxygen atoms in total. The van der Waals surface area contributed by atoms with Crippen LogP contribution in [0.2, 0.25) is 5.02 Å². The van der Waals surface area contributed by atoms with Crippen molar-refractivity contribution < 1.29 is 4.79 Å². The molecule has 2 aliphatic rings. The van der Waals surface area contributed by atoms with E-state index in [4.69, 9.17) is 11.6 Å². The lowest BCUT2D eigenvalue weighted by molar-refractivity contribution is 0.0637. The molecule has 1 aliphatic heterocycles. The standard InChI is InChI=1S/C23H18ClNOS/c1-22-14-18(19-10-4-5-12-25-19)23(22,17-9-2-3-11-20(17)27-22)21(26)15-7-6-8-16(24)13-15/h2-13,18H,14H2,1H3/t18-,22+,23-/m1/s1. The molecular formula is C23H18ClNOS. The van der Waals surface area contributed by atoms with E-state index >= 15 is 0 Å². The molecule has 3 atom stereocenters. The van der Waals surface area contributed by atoms with E-state index in [1.54, 1.807) is 6.07 Å². The molecule has 1 aliphatic carbocycles. The zero-order valence-electron chi connectivity index (χ0n) is 14.9. The smallest absolute Gasteiger partial charge is 0.175 e. The second kappa shape index (κ2) is 5.95. The van der Waals surface area contributed by atoms with Gasteiger partial charge in [0.2, 0.25) is 0 Å². The van der Waals surface area contributed by atoms with Crippen LogP contribution in [0.15, 0.2) is 77.8 Å². The Bertz CT molecular complexity index is 1050. The van der Waals surface area contributed by atoms with Gasteiger partial charge in [0.25, 0.3) is 0 Å². The SMILES string of the molecule is C[C@]12C[C@H](c3ccccn3)[C@@]1(C(=O)c1cccc(Cl)c1)c1ccccc1S2. The third kappa shape index (κ3) is 2.22. The molecule has 1 aromatic heterocycles. The predicted octanol–water partition coefficient (Wildman–Crippen LogP) is 5.91. The van der Waals surface area contributed by atoms with E-state index in [9.17, 15) is 4.79 Å². The summed E-state index contributed by atoms with van der Waals surface area (Å²) in [6, 6.07) is 21.6. The number of carbonyl (C=O) groups is 1. The van der Waals surface area contributed by atoms with Gasteiger partial charge in [0.05, 0.1) is 5.41 Å². The second-order valence-electron chi connectivity index (χ2n) is 7.49. The van der Waals surface area contributed by atoms with Crippen LogP contribution in [0.4, 0.5) is 0 Å². The van der Waals surface area contributed by atoms with Gasteiger partial charge >= 0.3 is 0 Å². The largest absolute Gasteiger partial charge is 0.293 e. The first-order valence-corrected chi connectivity index (χ1v) is 10.3. The zero-order valence-corrected chi connectivity index (χ0v) is 16.4. The van der Waals surface area contributed by atoms with Crippen LogP contribution < -0.4 is 0 Å². The Labute approximate surface area is 168 Å². The van der Waals surface area contributed by atoms with Crippen LogP contribution in [-0.4, -0.2) is 15.5 Å². The molecule has 0 amide bonds. The Morgan fingerprint density at radius 2 is 1.93 bits per heavy atom. The summed E-state index contributed by atoms with van der Waals surface area (Å²) in [5, 5.41) is 0.589. The van der Waals surface area contributed by atoms with Crippen molar-refractivity contribution in [3.63, 3.8) is 0 Å². The number of Topliss-reactive ketones (excluding diaryl/α,β-unsaturated/α-hetero) is 1. The minimum absolute atomic E-state index is 0.0614. The fourth-order valence-corrected chi connectivity index (χ4v) is 6.86. The van der Waals surface area contributed by atoms with E-state index in [0.29, 0.717) is 10.6 Å². The van der Waals surface area contributed by atoms with Gasteiger partial charge in [-0.25, -0.2) is 0 Å². The van der Waals surface area contributed by atoms with E-state index in [-0.39, 0.29) is 16.4 Å². The highest BCUT2D eigenvalue weighted by Crippen LogP contribution is 2.73. The highest BCUT2D eigenvalue weighted by Gasteiger charge is 2.72. The van der Waals surface area contributed by atoms with Crippen molar-refractivity contribution in [1.29, 1.82) is 0 Å². The van der Waals surface area contributed by atoms with Crippen LogP contribution in [-0.2, 0) is 5.41 Å². The summed E-state index contributed by atoms with van der Waals surface area (Å²) >= 11 is 8.05. The van der Waals surface area contributed by atoms with Gasteiger partial charge in [0.1, 0.15) is 0 Å². The Kier molecular flexibility index (Phi) is 3.75. The summed E-state index contributed by atoms with van der Waals surface area (Å²) in [7, 11) is 0. The number of carbonyl (C=O) groups excluding carboxylic acids is 1. The molecule has 5 rings (SSSR count).